The summed E-state index contributed by atoms with van der Waals surface area (Å²) in [6.45, 7) is 6.00. The van der Waals surface area contributed by atoms with E-state index in [-0.39, 0.29) is 17.6 Å². The number of piperidine rings is 1. The van der Waals surface area contributed by atoms with Crippen LogP contribution in [0.1, 0.15) is 18.4 Å². The van der Waals surface area contributed by atoms with Crippen molar-refractivity contribution in [3.8, 4) is 0 Å². The van der Waals surface area contributed by atoms with Gasteiger partial charge in [0.15, 0.2) is 0 Å². The van der Waals surface area contributed by atoms with E-state index in [2.05, 4.69) is 16.8 Å². The highest BCUT2D eigenvalue weighted by molar-refractivity contribution is 6.31. The molecule has 1 fully saturated rings. The van der Waals surface area contributed by atoms with Crippen LogP contribution in [0.3, 0.4) is 0 Å². The summed E-state index contributed by atoms with van der Waals surface area (Å²) in [5.41, 5.74) is 0.506. The maximum absolute atomic E-state index is 13.8. The van der Waals surface area contributed by atoms with Crippen molar-refractivity contribution in [2.24, 2.45) is 5.92 Å². The summed E-state index contributed by atoms with van der Waals surface area (Å²) in [5.74, 6) is -0.302. The van der Waals surface area contributed by atoms with Crippen LogP contribution in [0.2, 0.25) is 5.02 Å². The quantitative estimate of drug-likeness (QED) is 0.848. The number of nitrogens with zero attached hydrogens (tertiary/aromatic N) is 1. The first-order chi connectivity index (χ1) is 10.1. The lowest BCUT2D eigenvalue weighted by atomic mass is 9.96. The molecule has 5 heteroatoms. The fraction of sp³-hybridized carbons (Fsp3) is 0.438. The number of hydrogen-bond acceptors (Lipinski definition) is 2. The van der Waals surface area contributed by atoms with E-state index in [0.717, 1.165) is 19.4 Å². The zero-order valence-electron chi connectivity index (χ0n) is 11.9. The van der Waals surface area contributed by atoms with Gasteiger partial charge in [-0.15, -0.1) is 6.58 Å². The molecular formula is C16H20ClFN2O. The highest BCUT2D eigenvalue weighted by Gasteiger charge is 2.26. The molecule has 1 aliphatic heterocycles. The van der Waals surface area contributed by atoms with Gasteiger partial charge in [-0.25, -0.2) is 4.39 Å². The predicted octanol–water partition coefficient (Wildman–Crippen LogP) is 2.99. The number of halogens is 2. The highest BCUT2D eigenvalue weighted by Crippen LogP contribution is 2.24. The molecule has 1 N–H and O–H groups in total. The summed E-state index contributed by atoms with van der Waals surface area (Å²) in [6, 6.07) is 4.71. The van der Waals surface area contributed by atoms with Crippen LogP contribution in [0.15, 0.2) is 30.9 Å². The van der Waals surface area contributed by atoms with Gasteiger partial charge in [0.2, 0.25) is 5.91 Å². The minimum atomic E-state index is -0.291. The van der Waals surface area contributed by atoms with Gasteiger partial charge in [-0.1, -0.05) is 23.7 Å². The predicted molar refractivity (Wildman–Crippen MR) is 82.6 cm³/mol. The third-order valence-electron chi connectivity index (χ3n) is 3.74. The second kappa shape index (κ2) is 7.57. The maximum atomic E-state index is 13.8. The number of benzene rings is 1. The molecule has 0 radical (unpaired) electrons. The standard InChI is InChI=1S/C16H20ClFN2O/c1-2-8-19-16(21)12-5-4-9-20(10-12)11-13-14(17)6-3-7-15(13)18/h2-3,6-7,12H,1,4-5,8-11H2,(H,19,21). The fourth-order valence-electron chi connectivity index (χ4n) is 2.64. The Morgan fingerprint density at radius 1 is 1.57 bits per heavy atom. The van der Waals surface area contributed by atoms with Gasteiger partial charge in [-0.3, -0.25) is 9.69 Å². The summed E-state index contributed by atoms with van der Waals surface area (Å²) in [6.07, 6.45) is 3.46. The smallest absolute Gasteiger partial charge is 0.224 e. The van der Waals surface area contributed by atoms with Gasteiger partial charge in [-0.05, 0) is 31.5 Å². The molecule has 0 bridgehead atoms. The first-order valence-electron chi connectivity index (χ1n) is 7.15. The minimum Gasteiger partial charge on any atom is -0.352 e. The summed E-state index contributed by atoms with van der Waals surface area (Å²) >= 11 is 6.06. The van der Waals surface area contributed by atoms with Gasteiger partial charge >= 0.3 is 0 Å². The van der Waals surface area contributed by atoms with Crippen LogP contribution in [-0.2, 0) is 11.3 Å². The Balaban J connectivity index is 1.98. The number of likely N-dealkylation sites (tertiary alicyclic amines) is 1. The molecule has 1 aromatic carbocycles. The Hall–Kier alpha value is -1.39. The minimum absolute atomic E-state index is 0.0410. The lowest BCUT2D eigenvalue weighted by Crippen LogP contribution is -2.42. The van der Waals surface area contributed by atoms with Crippen LogP contribution in [0.4, 0.5) is 4.39 Å². The van der Waals surface area contributed by atoms with Crippen LogP contribution in [0.25, 0.3) is 0 Å². The van der Waals surface area contributed by atoms with Gasteiger partial charge < -0.3 is 5.32 Å². The van der Waals surface area contributed by atoms with Crippen LogP contribution in [-0.4, -0.2) is 30.4 Å². The van der Waals surface area contributed by atoms with Crippen molar-refractivity contribution < 1.29 is 9.18 Å². The van der Waals surface area contributed by atoms with E-state index in [1.807, 2.05) is 0 Å². The summed E-state index contributed by atoms with van der Waals surface area (Å²) < 4.78 is 13.8. The van der Waals surface area contributed by atoms with Gasteiger partial charge in [0, 0.05) is 30.2 Å². The number of hydrogen-bond donors (Lipinski definition) is 1. The normalized spacial score (nSPS) is 19.2. The Kier molecular flexibility index (Phi) is 5.76. The molecule has 1 unspecified atom stereocenters. The SMILES string of the molecule is C=CCNC(=O)C1CCCN(Cc2c(F)cccc2Cl)C1. The molecule has 1 amide bonds. The Bertz CT molecular complexity index is 501. The number of amides is 1. The molecule has 1 atom stereocenters. The lowest BCUT2D eigenvalue weighted by Gasteiger charge is -2.32. The van der Waals surface area contributed by atoms with Crippen molar-refractivity contribution in [2.75, 3.05) is 19.6 Å². The monoisotopic (exact) mass is 310 g/mol. The molecule has 1 heterocycles. The van der Waals surface area contributed by atoms with E-state index in [1.165, 1.54) is 6.07 Å². The molecule has 1 saturated heterocycles. The molecule has 2 rings (SSSR count). The Labute approximate surface area is 129 Å². The van der Waals surface area contributed by atoms with Gasteiger partial charge in [0.05, 0.1) is 5.92 Å². The van der Waals surface area contributed by atoms with Crippen molar-refractivity contribution in [3.63, 3.8) is 0 Å². The van der Waals surface area contributed by atoms with Crippen molar-refractivity contribution in [1.29, 1.82) is 0 Å². The van der Waals surface area contributed by atoms with E-state index in [1.54, 1.807) is 18.2 Å². The zero-order chi connectivity index (χ0) is 15.2. The Morgan fingerprint density at radius 2 is 2.38 bits per heavy atom. The van der Waals surface area contributed by atoms with Gasteiger partial charge in [0.25, 0.3) is 0 Å². The third kappa shape index (κ3) is 4.29. The van der Waals surface area contributed by atoms with Crippen LogP contribution < -0.4 is 5.32 Å². The molecule has 21 heavy (non-hydrogen) atoms. The van der Waals surface area contributed by atoms with Gasteiger partial charge in [0.1, 0.15) is 5.82 Å². The van der Waals surface area contributed by atoms with E-state index in [0.29, 0.717) is 30.2 Å². The van der Waals surface area contributed by atoms with Crippen molar-refractivity contribution >= 4 is 17.5 Å². The number of rotatable bonds is 5. The molecule has 1 aliphatic rings. The molecule has 1 aromatic rings. The number of nitrogens with one attached hydrogen (secondary N) is 1. The van der Waals surface area contributed by atoms with Crippen LogP contribution in [0, 0.1) is 11.7 Å². The summed E-state index contributed by atoms with van der Waals surface area (Å²) in [4.78, 5) is 14.1. The van der Waals surface area contributed by atoms with Crippen LogP contribution >= 0.6 is 11.6 Å². The molecule has 3 nitrogen and oxygen atoms in total. The number of carbonyl (C=O) groups is 1. The number of carbonyl (C=O) groups excluding carboxylic acids is 1. The Morgan fingerprint density at radius 3 is 3.10 bits per heavy atom. The molecule has 0 aromatic heterocycles. The van der Waals surface area contributed by atoms with Crippen molar-refractivity contribution in [1.82, 2.24) is 10.2 Å². The molecular weight excluding hydrogens is 291 g/mol. The van der Waals surface area contributed by atoms with E-state index < -0.39 is 0 Å². The first kappa shape index (κ1) is 16.0. The van der Waals surface area contributed by atoms with E-state index in [9.17, 15) is 9.18 Å². The molecule has 0 saturated carbocycles. The lowest BCUT2D eigenvalue weighted by molar-refractivity contribution is -0.126. The molecule has 0 spiro atoms. The average Bonchev–Trinajstić information content (AvgIpc) is 2.49. The largest absolute Gasteiger partial charge is 0.352 e. The zero-order valence-corrected chi connectivity index (χ0v) is 12.7. The highest BCUT2D eigenvalue weighted by atomic mass is 35.5. The fourth-order valence-corrected chi connectivity index (χ4v) is 2.86. The molecule has 0 aliphatic carbocycles. The summed E-state index contributed by atoms with van der Waals surface area (Å²) in [7, 11) is 0. The first-order valence-corrected chi connectivity index (χ1v) is 7.53. The van der Waals surface area contributed by atoms with Crippen LogP contribution in [0.5, 0.6) is 0 Å². The maximum Gasteiger partial charge on any atom is 0.224 e. The van der Waals surface area contributed by atoms with E-state index >= 15 is 0 Å². The van der Waals surface area contributed by atoms with Crippen molar-refractivity contribution in [2.45, 2.75) is 19.4 Å². The van der Waals surface area contributed by atoms with Gasteiger partial charge in [-0.2, -0.15) is 0 Å². The van der Waals surface area contributed by atoms with Crippen molar-refractivity contribution in [3.05, 3.63) is 47.3 Å². The van der Waals surface area contributed by atoms with E-state index in [4.69, 9.17) is 11.6 Å². The summed E-state index contributed by atoms with van der Waals surface area (Å²) in [5, 5.41) is 3.26. The second-order valence-electron chi connectivity index (χ2n) is 5.31. The molecule has 114 valence electrons. The second-order valence-corrected chi connectivity index (χ2v) is 5.72. The third-order valence-corrected chi connectivity index (χ3v) is 4.09. The average molecular weight is 311 g/mol. The topological polar surface area (TPSA) is 32.3 Å².